The first kappa shape index (κ1) is 14.8. The maximum atomic E-state index is 14.1. The van der Waals surface area contributed by atoms with Gasteiger partial charge in [-0.2, -0.15) is 0 Å². The predicted molar refractivity (Wildman–Crippen MR) is 79.9 cm³/mol. The molecule has 0 saturated carbocycles. The van der Waals surface area contributed by atoms with Crippen LogP contribution in [0.25, 0.3) is 0 Å². The van der Waals surface area contributed by atoms with Gasteiger partial charge in [-0.3, -0.25) is 0 Å². The minimum Gasteiger partial charge on any atom is -0.494 e. The molecular formula is C16H17ClFNO. The lowest BCUT2D eigenvalue weighted by atomic mass is 9.98. The highest BCUT2D eigenvalue weighted by molar-refractivity contribution is 6.30. The first-order valence-electron chi connectivity index (χ1n) is 6.50. The van der Waals surface area contributed by atoms with Crippen LogP contribution in [0.15, 0.2) is 42.5 Å². The van der Waals surface area contributed by atoms with Crippen molar-refractivity contribution in [2.75, 3.05) is 13.7 Å². The van der Waals surface area contributed by atoms with E-state index in [0.29, 0.717) is 17.2 Å². The summed E-state index contributed by atoms with van der Waals surface area (Å²) in [5.41, 5.74) is 1.50. The van der Waals surface area contributed by atoms with Gasteiger partial charge in [0.15, 0.2) is 0 Å². The lowest BCUT2D eigenvalue weighted by Crippen LogP contribution is -2.19. The summed E-state index contributed by atoms with van der Waals surface area (Å²) in [7, 11) is 1.80. The van der Waals surface area contributed by atoms with Crippen LogP contribution in [0.3, 0.4) is 0 Å². The van der Waals surface area contributed by atoms with Gasteiger partial charge < -0.3 is 10.1 Å². The largest absolute Gasteiger partial charge is 0.494 e. The standard InChI is InChI=1S/C16H17ClFNO/c1-3-20-13-6-4-5-11(9-13)16(19-2)14-8-7-12(17)10-15(14)18/h4-10,16,19H,3H2,1-2H3. The Morgan fingerprint density at radius 2 is 2.05 bits per heavy atom. The fourth-order valence-corrected chi connectivity index (χ4v) is 2.35. The van der Waals surface area contributed by atoms with Crippen molar-refractivity contribution in [1.29, 1.82) is 0 Å². The molecule has 0 bridgehead atoms. The Kier molecular flexibility index (Phi) is 4.99. The number of halogens is 2. The summed E-state index contributed by atoms with van der Waals surface area (Å²) in [6.07, 6.45) is 0. The molecule has 0 amide bonds. The quantitative estimate of drug-likeness (QED) is 0.892. The van der Waals surface area contributed by atoms with Gasteiger partial charge in [0.05, 0.1) is 12.6 Å². The van der Waals surface area contributed by atoms with Crippen LogP contribution in [0.5, 0.6) is 5.75 Å². The number of ether oxygens (including phenoxy) is 1. The Labute approximate surface area is 123 Å². The fourth-order valence-electron chi connectivity index (χ4n) is 2.19. The van der Waals surface area contributed by atoms with E-state index in [2.05, 4.69) is 5.32 Å². The van der Waals surface area contributed by atoms with Gasteiger partial charge in [0.1, 0.15) is 11.6 Å². The second kappa shape index (κ2) is 6.73. The van der Waals surface area contributed by atoms with Crippen molar-refractivity contribution in [2.45, 2.75) is 13.0 Å². The third-order valence-electron chi connectivity index (χ3n) is 3.06. The molecule has 1 atom stereocenters. The molecule has 2 nitrogen and oxygen atoms in total. The van der Waals surface area contributed by atoms with E-state index in [4.69, 9.17) is 16.3 Å². The second-order valence-corrected chi connectivity index (χ2v) is 4.83. The van der Waals surface area contributed by atoms with Crippen molar-refractivity contribution in [3.05, 3.63) is 64.4 Å². The van der Waals surface area contributed by atoms with Gasteiger partial charge in [0.2, 0.25) is 0 Å². The summed E-state index contributed by atoms with van der Waals surface area (Å²) < 4.78 is 19.5. The molecule has 2 aromatic carbocycles. The van der Waals surface area contributed by atoms with Crippen LogP contribution in [0.4, 0.5) is 4.39 Å². The number of benzene rings is 2. The van der Waals surface area contributed by atoms with Gasteiger partial charge in [-0.25, -0.2) is 4.39 Å². The van der Waals surface area contributed by atoms with Crippen molar-refractivity contribution in [2.24, 2.45) is 0 Å². The van der Waals surface area contributed by atoms with Crippen molar-refractivity contribution >= 4 is 11.6 Å². The molecule has 20 heavy (non-hydrogen) atoms. The summed E-state index contributed by atoms with van der Waals surface area (Å²) >= 11 is 5.80. The average molecular weight is 294 g/mol. The maximum Gasteiger partial charge on any atom is 0.129 e. The Morgan fingerprint density at radius 1 is 1.25 bits per heavy atom. The SMILES string of the molecule is CCOc1cccc(C(NC)c2ccc(Cl)cc2F)c1. The summed E-state index contributed by atoms with van der Waals surface area (Å²) in [4.78, 5) is 0. The highest BCUT2D eigenvalue weighted by Crippen LogP contribution is 2.28. The molecular weight excluding hydrogens is 277 g/mol. The molecule has 0 aliphatic heterocycles. The number of hydrogen-bond acceptors (Lipinski definition) is 2. The number of hydrogen-bond donors (Lipinski definition) is 1. The number of rotatable bonds is 5. The van der Waals surface area contributed by atoms with Gasteiger partial charge in [-0.15, -0.1) is 0 Å². The smallest absolute Gasteiger partial charge is 0.129 e. The summed E-state index contributed by atoms with van der Waals surface area (Å²) in [6, 6.07) is 12.1. The van der Waals surface area contributed by atoms with Crippen LogP contribution >= 0.6 is 11.6 Å². The van der Waals surface area contributed by atoms with Crippen LogP contribution < -0.4 is 10.1 Å². The van der Waals surface area contributed by atoms with Gasteiger partial charge in [-0.1, -0.05) is 29.8 Å². The molecule has 0 aliphatic rings. The van der Waals surface area contributed by atoms with E-state index in [1.54, 1.807) is 19.2 Å². The predicted octanol–water partition coefficient (Wildman–Crippen LogP) is 4.19. The summed E-state index contributed by atoms with van der Waals surface area (Å²) in [5, 5.41) is 3.52. The van der Waals surface area contributed by atoms with Gasteiger partial charge in [0, 0.05) is 10.6 Å². The van der Waals surface area contributed by atoms with Gasteiger partial charge >= 0.3 is 0 Å². The van der Waals surface area contributed by atoms with Gasteiger partial charge in [0.25, 0.3) is 0 Å². The van der Waals surface area contributed by atoms with E-state index in [1.807, 2.05) is 31.2 Å². The van der Waals surface area contributed by atoms with Crippen molar-refractivity contribution in [1.82, 2.24) is 5.32 Å². The molecule has 2 rings (SSSR count). The minimum atomic E-state index is -0.321. The molecule has 106 valence electrons. The van der Waals surface area contributed by atoms with Crippen molar-refractivity contribution in [3.63, 3.8) is 0 Å². The van der Waals surface area contributed by atoms with E-state index in [1.165, 1.54) is 6.07 Å². The highest BCUT2D eigenvalue weighted by atomic mass is 35.5. The Morgan fingerprint density at radius 3 is 2.70 bits per heavy atom. The van der Waals surface area contributed by atoms with E-state index >= 15 is 0 Å². The Hall–Kier alpha value is -1.58. The molecule has 1 N–H and O–H groups in total. The van der Waals surface area contributed by atoms with Crippen molar-refractivity contribution < 1.29 is 9.13 Å². The molecule has 0 heterocycles. The fraction of sp³-hybridized carbons (Fsp3) is 0.250. The number of nitrogens with one attached hydrogen (secondary N) is 1. The van der Waals surface area contributed by atoms with E-state index in [0.717, 1.165) is 11.3 Å². The minimum absolute atomic E-state index is 0.243. The third-order valence-corrected chi connectivity index (χ3v) is 3.30. The van der Waals surface area contributed by atoms with E-state index in [-0.39, 0.29) is 11.9 Å². The van der Waals surface area contributed by atoms with Crippen LogP contribution in [0.2, 0.25) is 5.02 Å². The zero-order valence-electron chi connectivity index (χ0n) is 11.5. The average Bonchev–Trinajstić information content (AvgIpc) is 2.43. The molecule has 4 heteroatoms. The third kappa shape index (κ3) is 3.30. The normalized spacial score (nSPS) is 12.2. The highest BCUT2D eigenvalue weighted by Gasteiger charge is 2.16. The molecule has 0 fully saturated rings. The first-order valence-corrected chi connectivity index (χ1v) is 6.88. The molecule has 1 unspecified atom stereocenters. The van der Waals surface area contributed by atoms with E-state index in [9.17, 15) is 4.39 Å². The topological polar surface area (TPSA) is 21.3 Å². The zero-order chi connectivity index (χ0) is 14.5. The Balaban J connectivity index is 2.38. The lowest BCUT2D eigenvalue weighted by Gasteiger charge is -2.19. The molecule has 2 aromatic rings. The van der Waals surface area contributed by atoms with Gasteiger partial charge in [-0.05, 0) is 43.8 Å². The summed E-state index contributed by atoms with van der Waals surface area (Å²) in [5.74, 6) is 0.457. The lowest BCUT2D eigenvalue weighted by molar-refractivity contribution is 0.339. The van der Waals surface area contributed by atoms with Crippen LogP contribution in [-0.2, 0) is 0 Å². The summed E-state index contributed by atoms with van der Waals surface area (Å²) in [6.45, 7) is 2.53. The molecule has 0 radical (unpaired) electrons. The van der Waals surface area contributed by atoms with Crippen LogP contribution in [0, 0.1) is 5.82 Å². The Bertz CT molecular complexity index is 588. The first-order chi connectivity index (χ1) is 9.65. The molecule has 0 saturated heterocycles. The van der Waals surface area contributed by atoms with Crippen LogP contribution in [0.1, 0.15) is 24.1 Å². The second-order valence-electron chi connectivity index (χ2n) is 4.39. The molecule has 0 aromatic heterocycles. The molecule has 0 spiro atoms. The van der Waals surface area contributed by atoms with Crippen molar-refractivity contribution in [3.8, 4) is 5.75 Å². The zero-order valence-corrected chi connectivity index (χ0v) is 12.2. The molecule has 0 aliphatic carbocycles. The monoisotopic (exact) mass is 293 g/mol. The maximum absolute atomic E-state index is 14.1. The van der Waals surface area contributed by atoms with E-state index < -0.39 is 0 Å². The van der Waals surface area contributed by atoms with Crippen LogP contribution in [-0.4, -0.2) is 13.7 Å².